The summed E-state index contributed by atoms with van der Waals surface area (Å²) in [5, 5.41) is 14.0. The average molecular weight is 272 g/mol. The number of hydrogen-bond acceptors (Lipinski definition) is 4. The Balaban J connectivity index is 2.11. The number of nitro benzene ring substituents is 1. The van der Waals surface area contributed by atoms with Crippen LogP contribution in [0.15, 0.2) is 24.5 Å². The second-order valence-corrected chi connectivity index (χ2v) is 4.96. The summed E-state index contributed by atoms with van der Waals surface area (Å²) in [6.45, 7) is 0. The molecule has 0 unspecified atom stereocenters. The average Bonchev–Trinajstić information content (AvgIpc) is 2.90. The van der Waals surface area contributed by atoms with Crippen LogP contribution in [0.5, 0.6) is 0 Å². The molecule has 0 fully saturated rings. The van der Waals surface area contributed by atoms with Crippen molar-refractivity contribution in [2.75, 3.05) is 12.4 Å². The standard InChI is InChI=1S/C14H16N4O2/c1-15-10-6-11(8-12(7-10)18(19)20)17-9-16-13-4-2-3-5-14(13)17/h6-9,15H,2-5H2,1H3. The quantitative estimate of drug-likeness (QED) is 0.688. The van der Waals surface area contributed by atoms with Crippen molar-refractivity contribution in [1.29, 1.82) is 0 Å². The van der Waals surface area contributed by atoms with E-state index in [-0.39, 0.29) is 10.6 Å². The molecule has 0 aliphatic heterocycles. The summed E-state index contributed by atoms with van der Waals surface area (Å²) in [4.78, 5) is 15.1. The number of rotatable bonds is 3. The molecule has 6 heteroatoms. The molecule has 20 heavy (non-hydrogen) atoms. The van der Waals surface area contributed by atoms with Crippen LogP contribution in [-0.4, -0.2) is 21.5 Å². The summed E-state index contributed by atoms with van der Waals surface area (Å²) in [6, 6.07) is 5.04. The van der Waals surface area contributed by atoms with Gasteiger partial charge in [-0.1, -0.05) is 0 Å². The first-order valence-corrected chi connectivity index (χ1v) is 6.72. The molecular formula is C14H16N4O2. The third-order valence-electron chi connectivity index (χ3n) is 3.71. The smallest absolute Gasteiger partial charge is 0.273 e. The molecule has 1 aliphatic rings. The number of hydrogen-bond donors (Lipinski definition) is 1. The molecular weight excluding hydrogens is 256 g/mol. The lowest BCUT2D eigenvalue weighted by Gasteiger charge is -2.14. The van der Waals surface area contributed by atoms with Crippen molar-refractivity contribution in [1.82, 2.24) is 9.55 Å². The maximum Gasteiger partial charge on any atom is 0.273 e. The number of nitro groups is 1. The Kier molecular flexibility index (Phi) is 3.14. The van der Waals surface area contributed by atoms with Crippen LogP contribution in [0, 0.1) is 10.1 Å². The van der Waals surface area contributed by atoms with E-state index < -0.39 is 0 Å². The first kappa shape index (κ1) is 12.7. The lowest BCUT2D eigenvalue weighted by Crippen LogP contribution is -2.07. The van der Waals surface area contributed by atoms with Gasteiger partial charge in [-0.3, -0.25) is 10.1 Å². The second kappa shape index (κ2) is 4.96. The summed E-state index contributed by atoms with van der Waals surface area (Å²) in [5.74, 6) is 0. The molecule has 1 aliphatic carbocycles. The van der Waals surface area contributed by atoms with E-state index in [0.717, 1.165) is 36.3 Å². The number of fused-ring (bicyclic) bond motifs is 1. The molecule has 1 aromatic carbocycles. The Hall–Kier alpha value is -2.37. The highest BCUT2D eigenvalue weighted by Crippen LogP contribution is 2.27. The van der Waals surface area contributed by atoms with Crippen LogP contribution in [0.25, 0.3) is 5.69 Å². The molecule has 104 valence electrons. The molecule has 3 rings (SSSR count). The number of non-ortho nitro benzene ring substituents is 1. The summed E-state index contributed by atoms with van der Waals surface area (Å²) < 4.78 is 1.97. The summed E-state index contributed by atoms with van der Waals surface area (Å²) in [7, 11) is 1.76. The third-order valence-corrected chi connectivity index (χ3v) is 3.71. The highest BCUT2D eigenvalue weighted by molar-refractivity contribution is 5.59. The maximum absolute atomic E-state index is 11.0. The van der Waals surface area contributed by atoms with Crippen molar-refractivity contribution >= 4 is 11.4 Å². The summed E-state index contributed by atoms with van der Waals surface area (Å²) >= 11 is 0. The molecule has 1 N–H and O–H groups in total. The zero-order valence-corrected chi connectivity index (χ0v) is 11.3. The molecule has 0 amide bonds. The fraction of sp³-hybridized carbons (Fsp3) is 0.357. The zero-order valence-electron chi connectivity index (χ0n) is 11.3. The molecule has 0 atom stereocenters. The lowest BCUT2D eigenvalue weighted by molar-refractivity contribution is -0.384. The Labute approximate surface area is 116 Å². The first-order valence-electron chi connectivity index (χ1n) is 6.72. The normalized spacial score (nSPS) is 13.8. The Morgan fingerprint density at radius 1 is 1.30 bits per heavy atom. The van der Waals surface area contributed by atoms with E-state index in [0.29, 0.717) is 0 Å². The van der Waals surface area contributed by atoms with Gasteiger partial charge in [-0.2, -0.15) is 0 Å². The largest absolute Gasteiger partial charge is 0.388 e. The maximum atomic E-state index is 11.0. The Morgan fingerprint density at radius 2 is 2.10 bits per heavy atom. The number of anilines is 1. The molecule has 0 spiro atoms. The van der Waals surface area contributed by atoms with E-state index in [1.165, 1.54) is 18.2 Å². The van der Waals surface area contributed by atoms with Gasteiger partial charge in [0.15, 0.2) is 0 Å². The molecule has 2 aromatic rings. The van der Waals surface area contributed by atoms with Crippen LogP contribution in [0.4, 0.5) is 11.4 Å². The van der Waals surface area contributed by atoms with Gasteiger partial charge < -0.3 is 9.88 Å². The number of nitrogens with zero attached hydrogens (tertiary/aromatic N) is 3. The summed E-state index contributed by atoms with van der Waals surface area (Å²) in [6.07, 6.45) is 6.06. The molecule has 0 saturated carbocycles. The molecule has 1 heterocycles. The van der Waals surface area contributed by atoms with Crippen LogP contribution in [0.3, 0.4) is 0 Å². The van der Waals surface area contributed by atoms with E-state index in [1.807, 2.05) is 10.6 Å². The van der Waals surface area contributed by atoms with Gasteiger partial charge in [0, 0.05) is 30.6 Å². The Bertz CT molecular complexity index is 663. The van der Waals surface area contributed by atoms with Crippen molar-refractivity contribution in [3.8, 4) is 5.69 Å². The predicted molar refractivity (Wildman–Crippen MR) is 76.4 cm³/mol. The van der Waals surface area contributed by atoms with Crippen molar-refractivity contribution in [3.05, 3.63) is 46.0 Å². The third kappa shape index (κ3) is 2.13. The highest BCUT2D eigenvalue weighted by Gasteiger charge is 2.18. The van der Waals surface area contributed by atoms with E-state index in [4.69, 9.17) is 0 Å². The molecule has 0 bridgehead atoms. The van der Waals surface area contributed by atoms with Gasteiger partial charge in [-0.05, 0) is 31.7 Å². The van der Waals surface area contributed by atoms with Gasteiger partial charge in [-0.15, -0.1) is 0 Å². The highest BCUT2D eigenvalue weighted by atomic mass is 16.6. The van der Waals surface area contributed by atoms with Crippen LogP contribution in [-0.2, 0) is 12.8 Å². The van der Waals surface area contributed by atoms with Crippen molar-refractivity contribution in [3.63, 3.8) is 0 Å². The topological polar surface area (TPSA) is 73.0 Å². The second-order valence-electron chi connectivity index (χ2n) is 4.96. The molecule has 0 radical (unpaired) electrons. The number of aryl methyl sites for hydroxylation is 1. The van der Waals surface area contributed by atoms with Gasteiger partial charge >= 0.3 is 0 Å². The first-order chi connectivity index (χ1) is 9.69. The van der Waals surface area contributed by atoms with Gasteiger partial charge in [0.2, 0.25) is 0 Å². The van der Waals surface area contributed by atoms with E-state index in [2.05, 4.69) is 10.3 Å². The Morgan fingerprint density at radius 3 is 2.85 bits per heavy atom. The van der Waals surface area contributed by atoms with Crippen LogP contribution < -0.4 is 5.32 Å². The minimum Gasteiger partial charge on any atom is -0.388 e. The molecule has 1 aromatic heterocycles. The molecule has 6 nitrogen and oxygen atoms in total. The predicted octanol–water partition coefficient (Wildman–Crippen LogP) is 2.70. The van der Waals surface area contributed by atoms with Gasteiger partial charge in [0.1, 0.15) is 0 Å². The van der Waals surface area contributed by atoms with Gasteiger partial charge in [0.05, 0.1) is 22.6 Å². The number of aromatic nitrogens is 2. The molecule has 0 saturated heterocycles. The minimum absolute atomic E-state index is 0.0881. The van der Waals surface area contributed by atoms with E-state index >= 15 is 0 Å². The minimum atomic E-state index is -0.367. The van der Waals surface area contributed by atoms with Gasteiger partial charge in [0.25, 0.3) is 5.69 Å². The number of nitrogens with one attached hydrogen (secondary N) is 1. The van der Waals surface area contributed by atoms with Crippen molar-refractivity contribution < 1.29 is 4.92 Å². The zero-order chi connectivity index (χ0) is 14.1. The van der Waals surface area contributed by atoms with Crippen LogP contribution in [0.2, 0.25) is 0 Å². The van der Waals surface area contributed by atoms with Crippen molar-refractivity contribution in [2.45, 2.75) is 25.7 Å². The monoisotopic (exact) mass is 272 g/mol. The fourth-order valence-corrected chi connectivity index (χ4v) is 2.68. The fourth-order valence-electron chi connectivity index (χ4n) is 2.68. The van der Waals surface area contributed by atoms with Crippen LogP contribution in [0.1, 0.15) is 24.2 Å². The SMILES string of the molecule is CNc1cc(-n2cnc3c2CCCC3)cc([N+](=O)[O-])c1. The lowest BCUT2D eigenvalue weighted by atomic mass is 10.0. The number of benzene rings is 1. The van der Waals surface area contributed by atoms with E-state index in [9.17, 15) is 10.1 Å². The summed E-state index contributed by atoms with van der Waals surface area (Å²) in [5.41, 5.74) is 3.91. The van der Waals surface area contributed by atoms with Crippen LogP contribution >= 0.6 is 0 Å². The number of imidazole rings is 1. The van der Waals surface area contributed by atoms with E-state index in [1.54, 1.807) is 19.4 Å². The van der Waals surface area contributed by atoms with Crippen molar-refractivity contribution in [2.24, 2.45) is 0 Å². The van der Waals surface area contributed by atoms with Gasteiger partial charge in [-0.25, -0.2) is 4.98 Å².